The molecule has 1 unspecified atom stereocenters. The third kappa shape index (κ3) is 5.80. The van der Waals surface area contributed by atoms with Gasteiger partial charge in [0, 0.05) is 37.5 Å². The summed E-state index contributed by atoms with van der Waals surface area (Å²) in [6, 6.07) is 9.62. The molecule has 2 amide bonds. The maximum absolute atomic E-state index is 12.4. The molecule has 1 aliphatic heterocycles. The van der Waals surface area contributed by atoms with Crippen LogP contribution in [0.4, 0.5) is 0 Å². The number of piperidine rings is 1. The van der Waals surface area contributed by atoms with Gasteiger partial charge in [0.15, 0.2) is 0 Å². The lowest BCUT2D eigenvalue weighted by Crippen LogP contribution is -2.47. The molecule has 1 aliphatic rings. The number of hydrogen-bond acceptors (Lipinski definition) is 3. The fraction of sp³-hybridized carbons (Fsp3) is 0.556. The van der Waals surface area contributed by atoms with Crippen molar-refractivity contribution in [3.8, 4) is 0 Å². The lowest BCUT2D eigenvalue weighted by molar-refractivity contribution is -0.132. The largest absolute Gasteiger partial charge is 0.353 e. The van der Waals surface area contributed by atoms with E-state index in [1.165, 1.54) is 0 Å². The smallest absolute Gasteiger partial charge is 0.224 e. The molecule has 2 rings (SSSR count). The van der Waals surface area contributed by atoms with Gasteiger partial charge in [-0.3, -0.25) is 9.59 Å². The van der Waals surface area contributed by atoms with E-state index in [4.69, 9.17) is 5.73 Å². The van der Waals surface area contributed by atoms with Crippen LogP contribution >= 0.6 is 12.4 Å². The highest BCUT2D eigenvalue weighted by atomic mass is 35.5. The van der Waals surface area contributed by atoms with Gasteiger partial charge in [-0.15, -0.1) is 12.4 Å². The van der Waals surface area contributed by atoms with Gasteiger partial charge in [-0.25, -0.2) is 0 Å². The predicted molar refractivity (Wildman–Crippen MR) is 97.8 cm³/mol. The second-order valence-electron chi connectivity index (χ2n) is 6.54. The molecule has 24 heavy (non-hydrogen) atoms. The van der Waals surface area contributed by atoms with E-state index < -0.39 is 0 Å². The molecule has 0 spiro atoms. The van der Waals surface area contributed by atoms with Gasteiger partial charge in [0.25, 0.3) is 0 Å². The third-order valence-electron chi connectivity index (χ3n) is 4.34. The zero-order valence-electron chi connectivity index (χ0n) is 14.4. The molecule has 6 heteroatoms. The Hall–Kier alpha value is -1.59. The molecule has 1 atom stereocenters. The summed E-state index contributed by atoms with van der Waals surface area (Å²) >= 11 is 0. The summed E-state index contributed by atoms with van der Waals surface area (Å²) in [7, 11) is 0. The fourth-order valence-corrected chi connectivity index (χ4v) is 2.78. The van der Waals surface area contributed by atoms with Crippen molar-refractivity contribution >= 4 is 24.2 Å². The molecule has 0 aliphatic carbocycles. The van der Waals surface area contributed by atoms with E-state index in [2.05, 4.69) is 5.32 Å². The van der Waals surface area contributed by atoms with Crippen molar-refractivity contribution in [2.24, 2.45) is 11.7 Å². The molecule has 5 nitrogen and oxygen atoms in total. The molecule has 3 N–H and O–H groups in total. The number of amides is 2. The van der Waals surface area contributed by atoms with E-state index in [0.29, 0.717) is 19.5 Å². The molecule has 1 heterocycles. The monoisotopic (exact) mass is 353 g/mol. The number of nitrogens with zero attached hydrogens (tertiary/aromatic N) is 1. The van der Waals surface area contributed by atoms with Crippen LogP contribution in [0.5, 0.6) is 0 Å². The van der Waals surface area contributed by atoms with Crippen LogP contribution in [0.1, 0.15) is 44.7 Å². The SMILES string of the molecule is CC(C)C(=O)NC1CCN(C(=O)CC(N)c2ccccc2)CC1.Cl. The van der Waals surface area contributed by atoms with Gasteiger partial charge in [0.1, 0.15) is 0 Å². The molecule has 0 bridgehead atoms. The number of carbonyl (C=O) groups excluding carboxylic acids is 2. The van der Waals surface area contributed by atoms with Gasteiger partial charge in [-0.05, 0) is 18.4 Å². The molecule has 0 aromatic heterocycles. The minimum Gasteiger partial charge on any atom is -0.353 e. The van der Waals surface area contributed by atoms with Gasteiger partial charge in [0.05, 0.1) is 0 Å². The molecule has 1 aromatic carbocycles. The summed E-state index contributed by atoms with van der Waals surface area (Å²) in [5.74, 6) is 0.175. The minimum absolute atomic E-state index is 0. The third-order valence-corrected chi connectivity index (χ3v) is 4.34. The Kier molecular flexibility index (Phi) is 8.22. The van der Waals surface area contributed by atoms with Crippen LogP contribution < -0.4 is 11.1 Å². The number of likely N-dealkylation sites (tertiary alicyclic amines) is 1. The van der Waals surface area contributed by atoms with E-state index in [1.807, 2.05) is 49.1 Å². The Balaban J connectivity index is 0.00000288. The topological polar surface area (TPSA) is 75.4 Å². The van der Waals surface area contributed by atoms with Crippen LogP contribution in [0.3, 0.4) is 0 Å². The van der Waals surface area contributed by atoms with Gasteiger partial charge in [-0.2, -0.15) is 0 Å². The zero-order chi connectivity index (χ0) is 16.8. The number of nitrogens with two attached hydrogens (primary N) is 1. The lowest BCUT2D eigenvalue weighted by Gasteiger charge is -2.33. The first-order valence-corrected chi connectivity index (χ1v) is 8.36. The van der Waals surface area contributed by atoms with E-state index in [9.17, 15) is 9.59 Å². The van der Waals surface area contributed by atoms with Crippen LogP contribution in [0.15, 0.2) is 30.3 Å². The summed E-state index contributed by atoms with van der Waals surface area (Å²) < 4.78 is 0. The summed E-state index contributed by atoms with van der Waals surface area (Å²) in [4.78, 5) is 26.0. The van der Waals surface area contributed by atoms with Crippen LogP contribution in [-0.2, 0) is 9.59 Å². The maximum atomic E-state index is 12.4. The molecular weight excluding hydrogens is 326 g/mol. The Bertz CT molecular complexity index is 528. The van der Waals surface area contributed by atoms with Crippen molar-refractivity contribution in [2.75, 3.05) is 13.1 Å². The van der Waals surface area contributed by atoms with Crippen LogP contribution in [-0.4, -0.2) is 35.8 Å². The van der Waals surface area contributed by atoms with E-state index in [0.717, 1.165) is 18.4 Å². The van der Waals surface area contributed by atoms with Crippen LogP contribution in [0, 0.1) is 5.92 Å². The zero-order valence-corrected chi connectivity index (χ0v) is 15.2. The van der Waals surface area contributed by atoms with Crippen molar-refractivity contribution in [3.63, 3.8) is 0 Å². The number of benzene rings is 1. The van der Waals surface area contributed by atoms with Crippen LogP contribution in [0.2, 0.25) is 0 Å². The summed E-state index contributed by atoms with van der Waals surface area (Å²) in [5, 5.41) is 3.04. The molecule has 0 saturated carbocycles. The maximum Gasteiger partial charge on any atom is 0.224 e. The molecule has 0 radical (unpaired) electrons. The molecule has 1 fully saturated rings. The number of hydrogen-bond donors (Lipinski definition) is 2. The van der Waals surface area contributed by atoms with Gasteiger partial charge in [0.2, 0.25) is 11.8 Å². The summed E-state index contributed by atoms with van der Waals surface area (Å²) in [6.45, 7) is 5.14. The fourth-order valence-electron chi connectivity index (χ4n) is 2.78. The Morgan fingerprint density at radius 1 is 1.21 bits per heavy atom. The first kappa shape index (κ1) is 20.5. The highest BCUT2D eigenvalue weighted by molar-refractivity contribution is 5.85. The van der Waals surface area contributed by atoms with Crippen molar-refractivity contribution in [2.45, 2.75) is 45.2 Å². The second kappa shape index (κ2) is 9.64. The van der Waals surface area contributed by atoms with E-state index in [1.54, 1.807) is 0 Å². The quantitative estimate of drug-likeness (QED) is 0.852. The Morgan fingerprint density at radius 2 is 1.79 bits per heavy atom. The highest BCUT2D eigenvalue weighted by Gasteiger charge is 2.25. The summed E-state index contributed by atoms with van der Waals surface area (Å²) in [6.07, 6.45) is 1.95. The van der Waals surface area contributed by atoms with Gasteiger partial charge < -0.3 is 16.0 Å². The van der Waals surface area contributed by atoms with Crippen molar-refractivity contribution < 1.29 is 9.59 Å². The average molecular weight is 354 g/mol. The van der Waals surface area contributed by atoms with Gasteiger partial charge >= 0.3 is 0 Å². The second-order valence-corrected chi connectivity index (χ2v) is 6.54. The Morgan fingerprint density at radius 3 is 2.33 bits per heavy atom. The van der Waals surface area contributed by atoms with Crippen molar-refractivity contribution in [1.82, 2.24) is 10.2 Å². The summed E-state index contributed by atoms with van der Waals surface area (Å²) in [5.41, 5.74) is 7.11. The first-order chi connectivity index (χ1) is 11.0. The molecular formula is C18H28ClN3O2. The minimum atomic E-state index is -0.262. The van der Waals surface area contributed by atoms with Crippen LogP contribution in [0.25, 0.3) is 0 Å². The number of carbonyl (C=O) groups is 2. The molecule has 1 saturated heterocycles. The standard InChI is InChI=1S/C18H27N3O2.ClH/c1-13(2)18(23)20-15-8-10-21(11-9-15)17(22)12-16(19)14-6-4-3-5-7-14;/h3-7,13,15-16H,8-12,19H2,1-2H3,(H,20,23);1H. The average Bonchev–Trinajstić information content (AvgIpc) is 2.56. The highest BCUT2D eigenvalue weighted by Crippen LogP contribution is 2.17. The van der Waals surface area contributed by atoms with E-state index in [-0.39, 0.29) is 42.2 Å². The first-order valence-electron chi connectivity index (χ1n) is 8.36. The van der Waals surface area contributed by atoms with Gasteiger partial charge in [-0.1, -0.05) is 44.2 Å². The molecule has 134 valence electrons. The van der Waals surface area contributed by atoms with E-state index >= 15 is 0 Å². The normalized spacial score (nSPS) is 16.4. The van der Waals surface area contributed by atoms with Crippen molar-refractivity contribution in [1.29, 1.82) is 0 Å². The molecule has 1 aromatic rings. The number of halogens is 1. The Labute approximate surface area is 150 Å². The predicted octanol–water partition coefficient (Wildman–Crippen LogP) is 2.26. The number of rotatable bonds is 5. The number of nitrogens with one attached hydrogen (secondary N) is 1. The van der Waals surface area contributed by atoms with Crippen molar-refractivity contribution in [3.05, 3.63) is 35.9 Å². The lowest BCUT2D eigenvalue weighted by atomic mass is 10.0.